The Kier molecular flexibility index (Phi) is 3.52. The van der Waals surface area contributed by atoms with Crippen LogP contribution in [-0.4, -0.2) is 33.6 Å². The molecule has 0 radical (unpaired) electrons. The lowest BCUT2D eigenvalue weighted by molar-refractivity contribution is -0.133. The number of aliphatic hydroxyl groups is 1. The highest BCUT2D eigenvalue weighted by Crippen LogP contribution is 2.63. The molecule has 2 aliphatic heterocycles. The number of carbonyl (C=O) groups is 1. The third-order valence-electron chi connectivity index (χ3n) is 5.18. The van der Waals surface area contributed by atoms with Crippen LogP contribution >= 0.6 is 0 Å². The molecule has 4 heteroatoms. The van der Waals surface area contributed by atoms with Crippen LogP contribution in [0.2, 0.25) is 0 Å². The fourth-order valence-corrected chi connectivity index (χ4v) is 4.40. The van der Waals surface area contributed by atoms with Gasteiger partial charge >= 0.3 is 0 Å². The smallest absolute Gasteiger partial charge is 0.252 e. The minimum atomic E-state index is -0.801. The Labute approximate surface area is 124 Å². The zero-order valence-electron chi connectivity index (χ0n) is 12.6. The summed E-state index contributed by atoms with van der Waals surface area (Å²) in [6.07, 6.45) is 2.92. The van der Waals surface area contributed by atoms with Gasteiger partial charge in [0.15, 0.2) is 0 Å². The first-order valence-electron chi connectivity index (χ1n) is 7.91. The molecule has 1 saturated carbocycles. The summed E-state index contributed by atoms with van der Waals surface area (Å²) < 4.78 is 13.0. The van der Waals surface area contributed by atoms with Gasteiger partial charge in [-0.05, 0) is 30.5 Å². The Balaban J connectivity index is 0.000000636. The van der Waals surface area contributed by atoms with Crippen LogP contribution < -0.4 is 0 Å². The second kappa shape index (κ2) is 5.09. The van der Waals surface area contributed by atoms with Gasteiger partial charge in [-0.25, -0.2) is 4.39 Å². The molecule has 3 nitrogen and oxygen atoms in total. The molecule has 1 aliphatic carbocycles. The van der Waals surface area contributed by atoms with E-state index >= 15 is 0 Å². The van der Waals surface area contributed by atoms with E-state index in [1.807, 2.05) is 30.9 Å². The largest absolute Gasteiger partial charge is 0.383 e. The first-order chi connectivity index (χ1) is 10.1. The molecule has 4 unspecified atom stereocenters. The number of carbonyl (C=O) groups excluding carboxylic acids is 1. The zero-order valence-corrected chi connectivity index (χ0v) is 12.6. The molecule has 3 aliphatic rings. The van der Waals surface area contributed by atoms with Gasteiger partial charge in [0.2, 0.25) is 0 Å². The van der Waals surface area contributed by atoms with E-state index in [0.29, 0.717) is 12.3 Å². The van der Waals surface area contributed by atoms with Crippen molar-refractivity contribution in [3.63, 3.8) is 0 Å². The first kappa shape index (κ1) is 14.5. The SMILES string of the molecule is CC.O=C1C(O)CC2N1C21CCCC1c1ccc(F)cc1. The number of halogens is 1. The van der Waals surface area contributed by atoms with Crippen molar-refractivity contribution in [2.75, 3.05) is 0 Å². The Hall–Kier alpha value is -1.42. The van der Waals surface area contributed by atoms with Crippen molar-refractivity contribution < 1.29 is 14.3 Å². The minimum absolute atomic E-state index is 0.0753. The van der Waals surface area contributed by atoms with Crippen LogP contribution in [0.4, 0.5) is 4.39 Å². The second-order valence-corrected chi connectivity index (χ2v) is 5.96. The van der Waals surface area contributed by atoms with Crippen molar-refractivity contribution in [3.05, 3.63) is 35.6 Å². The molecule has 1 N–H and O–H groups in total. The van der Waals surface area contributed by atoms with Crippen molar-refractivity contribution >= 4 is 5.91 Å². The number of benzene rings is 1. The van der Waals surface area contributed by atoms with Gasteiger partial charge in [-0.1, -0.05) is 32.4 Å². The second-order valence-electron chi connectivity index (χ2n) is 5.96. The van der Waals surface area contributed by atoms with Gasteiger partial charge in [-0.3, -0.25) is 4.79 Å². The third-order valence-corrected chi connectivity index (χ3v) is 5.18. The van der Waals surface area contributed by atoms with Crippen LogP contribution in [0, 0.1) is 5.82 Å². The van der Waals surface area contributed by atoms with Crippen LogP contribution in [0.15, 0.2) is 24.3 Å². The average molecular weight is 291 g/mol. The summed E-state index contributed by atoms with van der Waals surface area (Å²) in [4.78, 5) is 13.8. The summed E-state index contributed by atoms with van der Waals surface area (Å²) in [5, 5.41) is 9.59. The van der Waals surface area contributed by atoms with Crippen LogP contribution in [-0.2, 0) is 4.79 Å². The maximum atomic E-state index is 13.0. The van der Waals surface area contributed by atoms with E-state index in [1.54, 1.807) is 0 Å². The molecular weight excluding hydrogens is 269 g/mol. The topological polar surface area (TPSA) is 40.3 Å². The molecule has 0 bridgehead atoms. The van der Waals surface area contributed by atoms with Crippen molar-refractivity contribution in [2.24, 2.45) is 0 Å². The number of hydrogen-bond donors (Lipinski definition) is 1. The van der Waals surface area contributed by atoms with Crippen molar-refractivity contribution in [1.29, 1.82) is 0 Å². The number of rotatable bonds is 1. The summed E-state index contributed by atoms with van der Waals surface area (Å²) in [5.41, 5.74) is 1.05. The van der Waals surface area contributed by atoms with E-state index in [1.165, 1.54) is 12.1 Å². The van der Waals surface area contributed by atoms with Crippen LogP contribution in [0.25, 0.3) is 0 Å². The molecule has 0 aromatic heterocycles. The van der Waals surface area contributed by atoms with Crippen molar-refractivity contribution in [3.8, 4) is 0 Å². The Morgan fingerprint density at radius 3 is 2.52 bits per heavy atom. The highest BCUT2D eigenvalue weighted by molar-refractivity contribution is 5.89. The zero-order chi connectivity index (χ0) is 15.2. The summed E-state index contributed by atoms with van der Waals surface area (Å²) in [6, 6.07) is 6.86. The summed E-state index contributed by atoms with van der Waals surface area (Å²) >= 11 is 0. The maximum absolute atomic E-state index is 13.0. The van der Waals surface area contributed by atoms with E-state index in [-0.39, 0.29) is 23.3 Å². The van der Waals surface area contributed by atoms with Gasteiger partial charge in [0.25, 0.3) is 5.91 Å². The average Bonchev–Trinajstić information content (AvgIpc) is 2.78. The van der Waals surface area contributed by atoms with Gasteiger partial charge in [0.1, 0.15) is 11.9 Å². The molecule has 4 atom stereocenters. The van der Waals surface area contributed by atoms with E-state index in [2.05, 4.69) is 0 Å². The van der Waals surface area contributed by atoms with Crippen LogP contribution in [0.1, 0.15) is 51.0 Å². The number of aliphatic hydroxyl groups excluding tert-OH is 1. The van der Waals surface area contributed by atoms with Crippen LogP contribution in [0.3, 0.4) is 0 Å². The van der Waals surface area contributed by atoms with Crippen molar-refractivity contribution in [1.82, 2.24) is 4.90 Å². The Morgan fingerprint density at radius 2 is 1.95 bits per heavy atom. The molecule has 2 saturated heterocycles. The van der Waals surface area contributed by atoms with Gasteiger partial charge in [0, 0.05) is 12.3 Å². The van der Waals surface area contributed by atoms with E-state index < -0.39 is 6.10 Å². The van der Waals surface area contributed by atoms with E-state index in [9.17, 15) is 14.3 Å². The quantitative estimate of drug-likeness (QED) is 0.808. The van der Waals surface area contributed by atoms with Gasteiger partial charge in [-0.2, -0.15) is 0 Å². The Morgan fingerprint density at radius 1 is 1.29 bits per heavy atom. The number of piperidine rings is 1. The van der Waals surface area contributed by atoms with Gasteiger partial charge in [0.05, 0.1) is 11.6 Å². The number of nitrogens with zero attached hydrogens (tertiary/aromatic N) is 1. The lowest BCUT2D eigenvalue weighted by Crippen LogP contribution is -2.34. The first-order valence-corrected chi connectivity index (χ1v) is 7.91. The molecule has 1 aromatic rings. The molecule has 1 amide bonds. The highest BCUT2D eigenvalue weighted by Gasteiger charge is 2.73. The third kappa shape index (κ3) is 1.92. The molecule has 114 valence electrons. The molecule has 21 heavy (non-hydrogen) atoms. The van der Waals surface area contributed by atoms with E-state index in [4.69, 9.17) is 0 Å². The maximum Gasteiger partial charge on any atom is 0.252 e. The van der Waals surface area contributed by atoms with E-state index in [0.717, 1.165) is 24.8 Å². The number of fused-ring (bicyclic) bond motifs is 3. The monoisotopic (exact) mass is 291 g/mol. The molecule has 4 rings (SSSR count). The molecule has 1 spiro atoms. The standard InChI is InChI=1S/C15H16FNO2.C2H6/c16-10-5-3-9(4-6-10)11-2-1-7-15(11)13-8-12(18)14(19)17(13)15;1-2/h3-6,11-13,18H,1-2,7-8H2;1-2H3. The highest BCUT2D eigenvalue weighted by atomic mass is 19.1. The number of amides is 1. The normalized spacial score (nSPS) is 36.5. The fourth-order valence-electron chi connectivity index (χ4n) is 4.40. The summed E-state index contributed by atoms with van der Waals surface area (Å²) in [6.45, 7) is 4.00. The molecule has 3 fully saturated rings. The molecular formula is C17H22FNO2. The summed E-state index contributed by atoms with van der Waals surface area (Å²) in [5.74, 6) is -0.0350. The van der Waals surface area contributed by atoms with Crippen LogP contribution in [0.5, 0.6) is 0 Å². The fraction of sp³-hybridized carbons (Fsp3) is 0.588. The minimum Gasteiger partial charge on any atom is -0.383 e. The lowest BCUT2D eigenvalue weighted by Gasteiger charge is -2.23. The predicted molar refractivity (Wildman–Crippen MR) is 78.3 cm³/mol. The van der Waals surface area contributed by atoms with Gasteiger partial charge in [-0.15, -0.1) is 0 Å². The summed E-state index contributed by atoms with van der Waals surface area (Å²) in [7, 11) is 0. The Bertz CT molecular complexity index is 544. The number of hydrogen-bond acceptors (Lipinski definition) is 2. The predicted octanol–water partition coefficient (Wildman–Crippen LogP) is 2.83. The molecule has 2 heterocycles. The van der Waals surface area contributed by atoms with Gasteiger partial charge < -0.3 is 10.0 Å². The molecule has 1 aromatic carbocycles. The van der Waals surface area contributed by atoms with Crippen molar-refractivity contribution in [2.45, 2.75) is 63.1 Å². The lowest BCUT2D eigenvalue weighted by atomic mass is 9.83.